The van der Waals surface area contributed by atoms with Crippen LogP contribution in [0.5, 0.6) is 0 Å². The molecule has 0 aromatic carbocycles. The molecule has 94 valence electrons. The van der Waals surface area contributed by atoms with Gasteiger partial charge in [-0.1, -0.05) is 6.92 Å². The Hall–Kier alpha value is -1.19. The lowest BCUT2D eigenvalue weighted by atomic mass is 10.2. The third-order valence-corrected chi connectivity index (χ3v) is 2.79. The molecule has 0 saturated heterocycles. The largest absolute Gasteiger partial charge is 0.480 e. The highest BCUT2D eigenvalue weighted by atomic mass is 32.2. The monoisotopic (exact) mass is 254 g/mol. The second kappa shape index (κ2) is 6.40. The van der Waals surface area contributed by atoms with Crippen molar-refractivity contribution in [2.24, 2.45) is 0 Å². The van der Waals surface area contributed by atoms with Gasteiger partial charge in [-0.05, 0) is 0 Å². The minimum Gasteiger partial charge on any atom is -0.480 e. The second-order valence-electron chi connectivity index (χ2n) is 2.79. The molecular weight excluding hydrogens is 240 g/mol. The highest BCUT2D eigenvalue weighted by Crippen LogP contribution is 1.96. The van der Waals surface area contributed by atoms with Crippen LogP contribution in [0.4, 0.5) is 0 Å². The predicted molar refractivity (Wildman–Crippen MR) is 53.8 cm³/mol. The summed E-state index contributed by atoms with van der Waals surface area (Å²) in [5.41, 5.74) is 0. The zero-order chi connectivity index (χ0) is 12.8. The smallest absolute Gasteiger partial charge is 0.322 e. The van der Waals surface area contributed by atoms with Gasteiger partial charge in [0.05, 0.1) is 13.5 Å². The molecule has 0 spiro atoms. The lowest BCUT2D eigenvalue weighted by molar-refractivity contribution is -0.147. The predicted octanol–water partition coefficient (Wildman–Crippen LogP) is -1.55. The van der Waals surface area contributed by atoms with Crippen LogP contribution in [0.3, 0.4) is 0 Å². The second-order valence-corrected chi connectivity index (χ2v) is 4.32. The summed E-state index contributed by atoms with van der Waals surface area (Å²) in [5, 5.41) is 8.69. The van der Waals surface area contributed by atoms with Gasteiger partial charge >= 0.3 is 11.9 Å². The van der Waals surface area contributed by atoms with Gasteiger partial charge in [0.25, 0.3) is 10.2 Å². The van der Waals surface area contributed by atoms with Crippen molar-refractivity contribution in [3.63, 3.8) is 0 Å². The van der Waals surface area contributed by atoms with E-state index in [1.165, 1.54) is 6.92 Å². The molecule has 0 rings (SSSR count). The highest BCUT2D eigenvalue weighted by Gasteiger charge is 2.26. The molecule has 0 amide bonds. The van der Waals surface area contributed by atoms with Crippen LogP contribution < -0.4 is 9.44 Å². The molecule has 16 heavy (non-hydrogen) atoms. The molecule has 0 saturated carbocycles. The Balaban J connectivity index is 4.58. The maximum atomic E-state index is 11.2. The van der Waals surface area contributed by atoms with E-state index in [4.69, 9.17) is 5.11 Å². The summed E-state index contributed by atoms with van der Waals surface area (Å²) in [5.74, 6) is -2.27. The van der Waals surface area contributed by atoms with Gasteiger partial charge in [0.1, 0.15) is 6.04 Å². The summed E-state index contributed by atoms with van der Waals surface area (Å²) >= 11 is 0. The summed E-state index contributed by atoms with van der Waals surface area (Å²) in [6.45, 7) is 1.65. The number of nitrogens with one attached hydrogen (secondary N) is 2. The minimum atomic E-state index is -3.92. The zero-order valence-electron chi connectivity index (χ0n) is 8.89. The molecular formula is C7H14N2O6S. The average molecular weight is 254 g/mol. The van der Waals surface area contributed by atoms with Gasteiger partial charge < -0.3 is 9.84 Å². The molecule has 0 fully saturated rings. The van der Waals surface area contributed by atoms with Gasteiger partial charge in [-0.2, -0.15) is 13.1 Å². The van der Waals surface area contributed by atoms with E-state index in [1.807, 2.05) is 9.44 Å². The molecule has 3 N–H and O–H groups in total. The molecule has 0 aromatic heterocycles. The fourth-order valence-corrected chi connectivity index (χ4v) is 1.87. The Kier molecular flexibility index (Phi) is 5.93. The van der Waals surface area contributed by atoms with Gasteiger partial charge in [0.2, 0.25) is 0 Å². The van der Waals surface area contributed by atoms with Crippen molar-refractivity contribution in [3.8, 4) is 0 Å². The number of carbonyl (C=O) groups excluding carboxylic acids is 1. The Morgan fingerprint density at radius 1 is 1.44 bits per heavy atom. The Morgan fingerprint density at radius 3 is 2.38 bits per heavy atom. The summed E-state index contributed by atoms with van der Waals surface area (Å²) in [7, 11) is -2.83. The number of hydrogen-bond donors (Lipinski definition) is 3. The zero-order valence-corrected chi connectivity index (χ0v) is 9.70. The van der Waals surface area contributed by atoms with E-state index in [0.717, 1.165) is 7.11 Å². The molecule has 0 bridgehead atoms. The van der Waals surface area contributed by atoms with Crippen LogP contribution in [0.1, 0.15) is 13.3 Å². The van der Waals surface area contributed by atoms with E-state index in [-0.39, 0.29) is 6.54 Å². The number of esters is 1. The van der Waals surface area contributed by atoms with Crippen LogP contribution in [-0.2, 0) is 24.5 Å². The summed E-state index contributed by atoms with van der Waals surface area (Å²) in [6.07, 6.45) is -0.573. The van der Waals surface area contributed by atoms with Crippen LogP contribution in [0.15, 0.2) is 0 Å². The maximum absolute atomic E-state index is 11.2. The Morgan fingerprint density at radius 2 is 2.00 bits per heavy atom. The molecule has 0 aliphatic heterocycles. The van der Waals surface area contributed by atoms with Gasteiger partial charge in [-0.15, -0.1) is 0 Å². The maximum Gasteiger partial charge on any atom is 0.322 e. The third-order valence-electron chi connectivity index (χ3n) is 1.53. The number of carboxylic acids is 1. The first kappa shape index (κ1) is 14.8. The topological polar surface area (TPSA) is 122 Å². The summed E-state index contributed by atoms with van der Waals surface area (Å²) in [6, 6.07) is -1.54. The molecule has 0 unspecified atom stereocenters. The van der Waals surface area contributed by atoms with Crippen molar-refractivity contribution < 1.29 is 27.9 Å². The van der Waals surface area contributed by atoms with E-state index in [0.29, 0.717) is 0 Å². The van der Waals surface area contributed by atoms with Crippen LogP contribution in [0, 0.1) is 0 Å². The van der Waals surface area contributed by atoms with Crippen molar-refractivity contribution >= 4 is 22.1 Å². The molecule has 0 aliphatic rings. The number of carbonyl (C=O) groups is 2. The number of aliphatic carboxylic acids is 1. The number of rotatable bonds is 7. The molecule has 0 aromatic rings. The molecule has 1 atom stereocenters. The Bertz CT molecular complexity index is 352. The van der Waals surface area contributed by atoms with Gasteiger partial charge in [0, 0.05) is 6.54 Å². The van der Waals surface area contributed by atoms with Crippen molar-refractivity contribution in [3.05, 3.63) is 0 Å². The van der Waals surface area contributed by atoms with Crippen molar-refractivity contribution in [1.29, 1.82) is 0 Å². The third kappa shape index (κ3) is 5.63. The molecule has 8 nitrogen and oxygen atoms in total. The number of methoxy groups -OCH3 is 1. The van der Waals surface area contributed by atoms with Crippen molar-refractivity contribution in [1.82, 2.24) is 9.44 Å². The number of ether oxygens (including phenoxy) is 1. The Labute approximate surface area is 93.2 Å². The first-order valence-corrected chi connectivity index (χ1v) is 5.87. The lowest BCUT2D eigenvalue weighted by Crippen LogP contribution is -2.47. The van der Waals surface area contributed by atoms with E-state index in [1.54, 1.807) is 0 Å². The van der Waals surface area contributed by atoms with E-state index in [2.05, 4.69) is 4.74 Å². The minimum absolute atomic E-state index is 0.111. The SMILES string of the molecule is CCNS(=O)(=O)N[C@@H](CC(=O)OC)C(=O)O. The standard InChI is InChI=1S/C7H14N2O6S/c1-3-8-16(13,14)9-5(7(11)12)4-6(10)15-2/h5,8-9H,3-4H2,1-2H3,(H,11,12)/t5-/m0/s1. The number of hydrogen-bond acceptors (Lipinski definition) is 5. The fourth-order valence-electron chi connectivity index (χ4n) is 0.848. The molecule has 0 aliphatic carbocycles. The lowest BCUT2D eigenvalue weighted by Gasteiger charge is -2.13. The summed E-state index contributed by atoms with van der Waals surface area (Å²) in [4.78, 5) is 21.5. The van der Waals surface area contributed by atoms with Crippen molar-refractivity contribution in [2.45, 2.75) is 19.4 Å². The molecule has 0 heterocycles. The van der Waals surface area contributed by atoms with Crippen molar-refractivity contribution in [2.75, 3.05) is 13.7 Å². The van der Waals surface area contributed by atoms with E-state index < -0.39 is 34.6 Å². The van der Waals surface area contributed by atoms with Crippen LogP contribution in [-0.4, -0.2) is 45.2 Å². The van der Waals surface area contributed by atoms with Gasteiger partial charge in [-0.25, -0.2) is 4.72 Å². The quantitative estimate of drug-likeness (QED) is 0.473. The van der Waals surface area contributed by atoms with E-state index >= 15 is 0 Å². The van der Waals surface area contributed by atoms with Crippen LogP contribution in [0.2, 0.25) is 0 Å². The van der Waals surface area contributed by atoms with Crippen LogP contribution in [0.25, 0.3) is 0 Å². The number of carboxylic acid groups (broad SMARTS) is 1. The first-order valence-electron chi connectivity index (χ1n) is 4.39. The van der Waals surface area contributed by atoms with Gasteiger partial charge in [0.15, 0.2) is 0 Å². The normalized spacial score (nSPS) is 13.1. The summed E-state index contributed by atoms with van der Waals surface area (Å²) < 4.78 is 30.5. The molecule has 9 heteroatoms. The van der Waals surface area contributed by atoms with Crippen LogP contribution >= 0.6 is 0 Å². The van der Waals surface area contributed by atoms with Gasteiger partial charge in [-0.3, -0.25) is 9.59 Å². The first-order chi connectivity index (χ1) is 7.32. The molecule has 0 radical (unpaired) electrons. The average Bonchev–Trinajstić information content (AvgIpc) is 2.15. The highest BCUT2D eigenvalue weighted by molar-refractivity contribution is 7.87. The fraction of sp³-hybridized carbons (Fsp3) is 0.714. The van der Waals surface area contributed by atoms with E-state index in [9.17, 15) is 18.0 Å².